The van der Waals surface area contributed by atoms with Gasteiger partial charge in [-0.15, -0.1) is 0 Å². The van der Waals surface area contributed by atoms with Crippen LogP contribution in [0, 0.1) is 5.92 Å². The average Bonchev–Trinajstić information content (AvgIpc) is 3.43. The summed E-state index contributed by atoms with van der Waals surface area (Å²) in [4.78, 5) is 24.7. The second-order valence-electron chi connectivity index (χ2n) is 9.38. The van der Waals surface area contributed by atoms with Gasteiger partial charge < -0.3 is 24.8 Å². The highest BCUT2D eigenvalue weighted by Gasteiger charge is 2.57. The van der Waals surface area contributed by atoms with E-state index in [1.807, 2.05) is 0 Å². The van der Waals surface area contributed by atoms with Gasteiger partial charge in [-0.25, -0.2) is 4.79 Å². The number of ether oxygens (including phenoxy) is 3. The third-order valence-electron chi connectivity index (χ3n) is 6.50. The first kappa shape index (κ1) is 23.6. The molecule has 0 spiro atoms. The van der Waals surface area contributed by atoms with Gasteiger partial charge in [0.05, 0.1) is 24.6 Å². The van der Waals surface area contributed by atoms with E-state index in [0.717, 1.165) is 25.2 Å². The van der Waals surface area contributed by atoms with Crippen molar-refractivity contribution in [2.75, 3.05) is 18.5 Å². The van der Waals surface area contributed by atoms with Crippen molar-refractivity contribution >= 4 is 17.8 Å². The molecule has 6 rings (SSSR count). The molecule has 0 unspecified atom stereocenters. The van der Waals surface area contributed by atoms with Gasteiger partial charge in [0.15, 0.2) is 5.82 Å². The molecule has 3 saturated carbocycles. The number of nitrogens with zero attached hydrogens (tertiary/aromatic N) is 3. The van der Waals surface area contributed by atoms with Crippen molar-refractivity contribution in [1.82, 2.24) is 25.3 Å². The van der Waals surface area contributed by atoms with Crippen LogP contribution in [-0.4, -0.2) is 63.0 Å². The molecule has 2 amide bonds. The van der Waals surface area contributed by atoms with E-state index >= 15 is 0 Å². The number of nitrogens with one attached hydrogen (secondary N) is 3. The highest BCUT2D eigenvalue weighted by Crippen LogP contribution is 2.56. The van der Waals surface area contributed by atoms with Crippen molar-refractivity contribution in [3.8, 4) is 0 Å². The lowest BCUT2D eigenvalue weighted by atomic mass is 9.50. The predicted octanol–water partition coefficient (Wildman–Crippen LogP) is 2.58. The fraction of sp³-hybridized carbons (Fsp3) is 0.619. The second-order valence-corrected chi connectivity index (χ2v) is 9.38. The van der Waals surface area contributed by atoms with E-state index in [2.05, 4.69) is 30.7 Å². The Morgan fingerprint density at radius 2 is 2.09 bits per heavy atom. The van der Waals surface area contributed by atoms with Crippen molar-refractivity contribution in [2.24, 2.45) is 13.0 Å². The van der Waals surface area contributed by atoms with Crippen molar-refractivity contribution in [3.05, 3.63) is 29.2 Å². The molecule has 35 heavy (non-hydrogen) atoms. The Morgan fingerprint density at radius 1 is 1.31 bits per heavy atom. The number of aryl methyl sites for hydroxylation is 1. The van der Waals surface area contributed by atoms with E-state index < -0.39 is 24.8 Å². The van der Waals surface area contributed by atoms with Crippen LogP contribution in [0.2, 0.25) is 0 Å². The summed E-state index contributed by atoms with van der Waals surface area (Å²) >= 11 is 0. The molecule has 3 heterocycles. The normalized spacial score (nSPS) is 27.1. The molecule has 14 heteroatoms. The standard InChI is InChI=1S/C21H25F3N6O5/c1-30-15(2-12(29-30)8-33-10-21(22,23)24)18(31)25-17-4-14(27-28-17)16-3-13(9-34-16)35-19(32)26-20-5-11(6-20)7-20/h2,4,11,13,16H,3,5-10H2,1H3,(H,26,32)(H2,25,27,28,31)/t11?,13-,16-,20?/m1/s1. The lowest BCUT2D eigenvalue weighted by Crippen LogP contribution is -2.68. The fourth-order valence-corrected chi connectivity index (χ4v) is 4.75. The van der Waals surface area contributed by atoms with Gasteiger partial charge in [0.1, 0.15) is 24.5 Å². The van der Waals surface area contributed by atoms with Gasteiger partial charge in [0, 0.05) is 25.1 Å². The number of carbonyl (C=O) groups excluding carboxylic acids is 2. The fourth-order valence-electron chi connectivity index (χ4n) is 4.75. The predicted molar refractivity (Wildman–Crippen MR) is 112 cm³/mol. The summed E-state index contributed by atoms with van der Waals surface area (Å²) in [6, 6.07) is 2.95. The highest BCUT2D eigenvalue weighted by molar-refractivity contribution is 6.02. The molecule has 190 valence electrons. The zero-order valence-electron chi connectivity index (χ0n) is 18.9. The van der Waals surface area contributed by atoms with Crippen LogP contribution in [0.5, 0.6) is 0 Å². The van der Waals surface area contributed by atoms with Crippen LogP contribution in [0.4, 0.5) is 23.8 Å². The number of hydrogen-bond acceptors (Lipinski definition) is 7. The van der Waals surface area contributed by atoms with Gasteiger partial charge >= 0.3 is 12.3 Å². The number of H-pyrrole nitrogens is 1. The van der Waals surface area contributed by atoms with Crippen molar-refractivity contribution < 1.29 is 37.0 Å². The van der Waals surface area contributed by atoms with Crippen LogP contribution in [0.3, 0.4) is 0 Å². The molecule has 2 atom stereocenters. The molecule has 0 aromatic carbocycles. The maximum atomic E-state index is 12.6. The van der Waals surface area contributed by atoms with Gasteiger partial charge in [0.2, 0.25) is 0 Å². The Morgan fingerprint density at radius 3 is 2.77 bits per heavy atom. The smallest absolute Gasteiger partial charge is 0.411 e. The number of hydrogen-bond donors (Lipinski definition) is 3. The van der Waals surface area contributed by atoms with Crippen molar-refractivity contribution in [3.63, 3.8) is 0 Å². The van der Waals surface area contributed by atoms with Crippen LogP contribution in [0.25, 0.3) is 0 Å². The van der Waals surface area contributed by atoms with Gasteiger partial charge in [-0.05, 0) is 31.2 Å². The average molecular weight is 498 g/mol. The summed E-state index contributed by atoms with van der Waals surface area (Å²) in [6.45, 7) is -1.53. The van der Waals surface area contributed by atoms with Crippen LogP contribution in [-0.2, 0) is 27.9 Å². The summed E-state index contributed by atoms with van der Waals surface area (Å²) in [7, 11) is 1.49. The van der Waals surface area contributed by atoms with Gasteiger partial charge in [-0.1, -0.05) is 0 Å². The number of anilines is 1. The SMILES string of the molecule is Cn1nc(COCC(F)(F)F)cc1C(=O)Nc1cc([C@H]2C[C@@H](OC(=O)NC34CC(C3)C4)CO2)[nH]n1. The number of alkyl halides is 3. The Bertz CT molecular complexity index is 1100. The van der Waals surface area contributed by atoms with E-state index in [9.17, 15) is 22.8 Å². The topological polar surface area (TPSA) is 132 Å². The Balaban J connectivity index is 1.10. The lowest BCUT2D eigenvalue weighted by Gasteiger charge is -2.61. The lowest BCUT2D eigenvalue weighted by molar-refractivity contribution is -0.176. The monoisotopic (exact) mass is 498 g/mol. The molecule has 2 aromatic heterocycles. The van der Waals surface area contributed by atoms with E-state index in [1.54, 1.807) is 6.07 Å². The number of carbonyl (C=O) groups is 2. The van der Waals surface area contributed by atoms with E-state index in [4.69, 9.17) is 9.47 Å². The maximum Gasteiger partial charge on any atom is 0.411 e. The van der Waals surface area contributed by atoms with Gasteiger partial charge in [0.25, 0.3) is 5.91 Å². The van der Waals surface area contributed by atoms with Crippen molar-refractivity contribution in [2.45, 2.75) is 56.2 Å². The largest absolute Gasteiger partial charge is 0.444 e. The van der Waals surface area contributed by atoms with Crippen LogP contribution < -0.4 is 10.6 Å². The molecular weight excluding hydrogens is 473 g/mol. The third kappa shape index (κ3) is 5.27. The first-order valence-corrected chi connectivity index (χ1v) is 11.2. The zero-order valence-corrected chi connectivity index (χ0v) is 18.9. The Hall–Kier alpha value is -3.13. The number of rotatable bonds is 8. The number of amides is 2. The number of alkyl carbamates (subject to hydrolysis) is 1. The van der Waals surface area contributed by atoms with E-state index in [1.165, 1.54) is 17.8 Å². The third-order valence-corrected chi connectivity index (χ3v) is 6.50. The van der Waals surface area contributed by atoms with E-state index in [0.29, 0.717) is 12.1 Å². The minimum Gasteiger partial charge on any atom is -0.444 e. The molecule has 3 N–H and O–H groups in total. The van der Waals surface area contributed by atoms with E-state index in [-0.39, 0.29) is 48.2 Å². The van der Waals surface area contributed by atoms with Crippen LogP contribution in [0.15, 0.2) is 12.1 Å². The second kappa shape index (κ2) is 8.82. The number of aromatic nitrogens is 4. The first-order chi connectivity index (χ1) is 16.6. The summed E-state index contributed by atoms with van der Waals surface area (Å²) in [6.07, 6.45) is -2.10. The summed E-state index contributed by atoms with van der Waals surface area (Å²) < 4.78 is 53.7. The Kier molecular flexibility index (Phi) is 5.95. The minimum absolute atomic E-state index is 0.0538. The van der Waals surface area contributed by atoms with Gasteiger partial charge in [-0.3, -0.25) is 14.6 Å². The van der Waals surface area contributed by atoms with Gasteiger partial charge in [-0.2, -0.15) is 23.4 Å². The molecule has 1 aliphatic heterocycles. The van der Waals surface area contributed by atoms with Crippen LogP contribution in [0.1, 0.15) is 53.7 Å². The quantitative estimate of drug-likeness (QED) is 0.510. The Labute approximate surface area is 197 Å². The molecule has 11 nitrogen and oxygen atoms in total. The van der Waals surface area contributed by atoms with Crippen molar-refractivity contribution in [1.29, 1.82) is 0 Å². The molecule has 2 aromatic rings. The first-order valence-electron chi connectivity index (χ1n) is 11.2. The molecular formula is C21H25F3N6O5. The maximum absolute atomic E-state index is 12.6. The summed E-state index contributed by atoms with van der Waals surface area (Å²) in [5, 5.41) is 16.4. The summed E-state index contributed by atoms with van der Waals surface area (Å²) in [5.74, 6) is 0.441. The molecule has 0 radical (unpaired) electrons. The molecule has 2 bridgehead atoms. The molecule has 4 aliphatic rings. The minimum atomic E-state index is -4.44. The summed E-state index contributed by atoms with van der Waals surface area (Å²) in [5.41, 5.74) is 0.868. The van der Waals surface area contributed by atoms with Crippen LogP contribution >= 0.6 is 0 Å². The molecule has 1 saturated heterocycles. The zero-order chi connectivity index (χ0) is 24.8. The number of halogens is 3. The number of aromatic amines is 1. The highest BCUT2D eigenvalue weighted by atomic mass is 19.4. The molecule has 3 aliphatic carbocycles. The molecule has 4 fully saturated rings.